The van der Waals surface area contributed by atoms with Crippen LogP contribution in [-0.2, 0) is 14.3 Å². The lowest BCUT2D eigenvalue weighted by Crippen LogP contribution is -2.41. The number of aryl methyl sites for hydroxylation is 1. The van der Waals surface area contributed by atoms with Crippen molar-refractivity contribution >= 4 is 33.4 Å². The van der Waals surface area contributed by atoms with Crippen molar-refractivity contribution in [3.63, 3.8) is 0 Å². The normalized spacial score (nSPS) is 26.7. The number of Topliss-reactive ketones (excluding diaryl/α,β-unsaturated/α-hetero) is 1. The van der Waals surface area contributed by atoms with Crippen LogP contribution in [0.3, 0.4) is 0 Å². The van der Waals surface area contributed by atoms with E-state index in [1.54, 1.807) is 18.3 Å². The number of ether oxygens (including phenoxy) is 2. The summed E-state index contributed by atoms with van der Waals surface area (Å²) in [5.41, 5.74) is 1.92. The molecule has 8 heteroatoms. The van der Waals surface area contributed by atoms with Crippen LogP contribution >= 0.6 is 15.9 Å². The largest absolute Gasteiger partial charge is 0.503 e. The molecule has 2 aliphatic heterocycles. The lowest BCUT2D eigenvalue weighted by molar-refractivity contribution is -0.132. The Morgan fingerprint density at radius 2 is 2.03 bits per heavy atom. The van der Waals surface area contributed by atoms with Crippen molar-refractivity contribution in [2.75, 3.05) is 12.0 Å². The van der Waals surface area contributed by atoms with Gasteiger partial charge in [-0.15, -0.1) is 0 Å². The fourth-order valence-electron chi connectivity index (χ4n) is 5.19. The van der Waals surface area contributed by atoms with Crippen molar-refractivity contribution in [1.29, 1.82) is 0 Å². The summed E-state index contributed by atoms with van der Waals surface area (Å²) in [6.07, 6.45) is 3.84. The highest BCUT2D eigenvalue weighted by Crippen LogP contribution is 2.50. The number of pyridine rings is 1. The van der Waals surface area contributed by atoms with E-state index >= 15 is 0 Å². The molecule has 1 N–H and O–H groups in total. The predicted octanol–water partition coefficient (Wildman–Crippen LogP) is 4.61. The molecule has 1 fully saturated rings. The number of halogens is 1. The number of nitrogens with zero attached hydrogens (tertiary/aromatic N) is 2. The minimum absolute atomic E-state index is 0.0375. The monoisotopic (exact) mass is 512 g/mol. The summed E-state index contributed by atoms with van der Waals surface area (Å²) in [7, 11) is 1.46. The average molecular weight is 513 g/mol. The lowest BCUT2D eigenvalue weighted by Gasteiger charge is -2.37. The zero-order valence-electron chi connectivity index (χ0n) is 18.7. The van der Waals surface area contributed by atoms with Gasteiger partial charge >= 0.3 is 0 Å². The zero-order valence-corrected chi connectivity index (χ0v) is 20.3. The molecule has 4 unspecified atom stereocenters. The highest BCUT2D eigenvalue weighted by molar-refractivity contribution is 9.10. The molecule has 1 aromatic carbocycles. The Balaban J connectivity index is 1.69. The van der Waals surface area contributed by atoms with Gasteiger partial charge in [0.2, 0.25) is 0 Å². The maximum atomic E-state index is 13.8. The number of methoxy groups -OCH3 is 1. The van der Waals surface area contributed by atoms with E-state index in [1.807, 2.05) is 19.1 Å². The Kier molecular flexibility index (Phi) is 5.43. The molecule has 1 aromatic heterocycles. The first-order valence-corrected chi connectivity index (χ1v) is 11.9. The van der Waals surface area contributed by atoms with Gasteiger partial charge in [0.1, 0.15) is 11.9 Å². The van der Waals surface area contributed by atoms with Crippen LogP contribution in [0.2, 0.25) is 0 Å². The van der Waals surface area contributed by atoms with Crippen LogP contribution in [0.4, 0.5) is 5.82 Å². The van der Waals surface area contributed by atoms with Crippen molar-refractivity contribution < 1.29 is 24.2 Å². The third kappa shape index (κ3) is 3.51. The van der Waals surface area contributed by atoms with Crippen molar-refractivity contribution in [3.05, 3.63) is 57.4 Å². The molecule has 33 heavy (non-hydrogen) atoms. The third-order valence-corrected chi connectivity index (χ3v) is 7.45. The molecular weight excluding hydrogens is 488 g/mol. The number of ketones is 1. The molecule has 1 amide bonds. The second-order valence-electron chi connectivity index (χ2n) is 9.11. The second kappa shape index (κ2) is 8.17. The van der Waals surface area contributed by atoms with Crippen LogP contribution in [0, 0.1) is 18.8 Å². The number of anilines is 1. The van der Waals surface area contributed by atoms with E-state index in [2.05, 4.69) is 27.8 Å². The van der Waals surface area contributed by atoms with Gasteiger partial charge in [-0.1, -0.05) is 6.92 Å². The molecule has 1 saturated carbocycles. The van der Waals surface area contributed by atoms with E-state index in [9.17, 15) is 14.7 Å². The number of aromatic hydroxyl groups is 1. The topological polar surface area (TPSA) is 89.0 Å². The van der Waals surface area contributed by atoms with Crippen molar-refractivity contribution in [1.82, 2.24) is 4.98 Å². The minimum atomic E-state index is -0.738. The standard InChI is InChI=1S/C25H25BrN2O5/c1-12-4-5-17-15(8-12)22(29)20-21(14-10-16(26)23(30)18(11-14)32-3)28(25(31)24(20)33-17)19-9-13(2)6-7-27-19/h6-7,9-12,15,17,21,30H,4-5,8H2,1-3H3. The second-order valence-corrected chi connectivity index (χ2v) is 9.97. The van der Waals surface area contributed by atoms with Crippen molar-refractivity contribution in [3.8, 4) is 11.5 Å². The van der Waals surface area contributed by atoms with Gasteiger partial charge in [-0.3, -0.25) is 14.5 Å². The van der Waals surface area contributed by atoms with Crippen LogP contribution in [0.5, 0.6) is 11.5 Å². The number of phenols is 1. The average Bonchev–Trinajstić information content (AvgIpc) is 3.08. The minimum Gasteiger partial charge on any atom is -0.503 e. The smallest absolute Gasteiger partial charge is 0.295 e. The number of aromatic nitrogens is 1. The van der Waals surface area contributed by atoms with Gasteiger partial charge in [-0.2, -0.15) is 0 Å². The van der Waals surface area contributed by atoms with E-state index in [0.717, 1.165) is 24.8 Å². The quantitative estimate of drug-likeness (QED) is 0.645. The van der Waals surface area contributed by atoms with Gasteiger partial charge in [0, 0.05) is 6.20 Å². The number of carbonyl (C=O) groups is 2. The van der Waals surface area contributed by atoms with Gasteiger partial charge < -0.3 is 14.6 Å². The molecule has 4 atom stereocenters. The number of carbonyl (C=O) groups excluding carboxylic acids is 2. The highest BCUT2D eigenvalue weighted by atomic mass is 79.9. The SMILES string of the molecule is COc1cc(C2C3=C(OC4CCC(C)CC4C3=O)C(=O)N2c2cc(C)ccn2)cc(Br)c1O. The van der Waals surface area contributed by atoms with Crippen LogP contribution in [0.15, 0.2) is 46.3 Å². The number of amides is 1. The molecule has 5 rings (SSSR count). The maximum Gasteiger partial charge on any atom is 0.295 e. The molecule has 3 heterocycles. The summed E-state index contributed by atoms with van der Waals surface area (Å²) >= 11 is 3.37. The molecule has 1 aliphatic carbocycles. The molecule has 0 bridgehead atoms. The van der Waals surface area contributed by atoms with Crippen molar-refractivity contribution in [2.45, 2.75) is 45.3 Å². The van der Waals surface area contributed by atoms with E-state index in [-0.39, 0.29) is 41.0 Å². The Bertz CT molecular complexity index is 1190. The van der Waals surface area contributed by atoms with E-state index in [1.165, 1.54) is 12.0 Å². The first kappa shape index (κ1) is 21.9. The first-order chi connectivity index (χ1) is 15.8. The third-order valence-electron chi connectivity index (χ3n) is 6.84. The summed E-state index contributed by atoms with van der Waals surface area (Å²) in [6, 6.07) is 6.29. The van der Waals surface area contributed by atoms with Gasteiger partial charge in [-0.25, -0.2) is 4.98 Å². The Hall–Kier alpha value is -2.87. The van der Waals surface area contributed by atoms with E-state index in [0.29, 0.717) is 27.3 Å². The molecule has 0 saturated heterocycles. The van der Waals surface area contributed by atoms with Gasteiger partial charge in [0.15, 0.2) is 23.0 Å². The summed E-state index contributed by atoms with van der Waals surface area (Å²) in [5, 5.41) is 10.3. The molecule has 172 valence electrons. The van der Waals surface area contributed by atoms with E-state index in [4.69, 9.17) is 9.47 Å². The first-order valence-electron chi connectivity index (χ1n) is 11.1. The molecule has 0 spiro atoms. The lowest BCUT2D eigenvalue weighted by atomic mass is 9.74. The highest BCUT2D eigenvalue weighted by Gasteiger charge is 2.53. The number of hydrogen-bond acceptors (Lipinski definition) is 6. The number of benzene rings is 1. The maximum absolute atomic E-state index is 13.8. The molecule has 7 nitrogen and oxygen atoms in total. The zero-order chi connectivity index (χ0) is 23.4. The Morgan fingerprint density at radius 1 is 1.24 bits per heavy atom. The summed E-state index contributed by atoms with van der Waals surface area (Å²) in [5.74, 6) is 0.497. The van der Waals surface area contributed by atoms with Crippen LogP contribution < -0.4 is 9.64 Å². The predicted molar refractivity (Wildman–Crippen MR) is 125 cm³/mol. The van der Waals surface area contributed by atoms with Crippen LogP contribution in [-0.4, -0.2) is 35.0 Å². The number of fused-ring (bicyclic) bond motifs is 1. The summed E-state index contributed by atoms with van der Waals surface area (Å²) < 4.78 is 12.0. The molecule has 3 aliphatic rings. The Labute approximate surface area is 200 Å². The van der Waals surface area contributed by atoms with Crippen molar-refractivity contribution in [2.24, 2.45) is 11.8 Å². The Morgan fingerprint density at radius 3 is 2.76 bits per heavy atom. The fraction of sp³-hybridized carbons (Fsp3) is 0.400. The van der Waals surface area contributed by atoms with Gasteiger partial charge in [0.25, 0.3) is 5.91 Å². The van der Waals surface area contributed by atoms with Crippen LogP contribution in [0.25, 0.3) is 0 Å². The summed E-state index contributed by atoms with van der Waals surface area (Å²) in [6.45, 7) is 4.07. The number of phenolic OH excluding ortho intramolecular Hbond substituents is 1. The number of rotatable bonds is 3. The van der Waals surface area contributed by atoms with E-state index < -0.39 is 6.04 Å². The van der Waals surface area contributed by atoms with Gasteiger partial charge in [0.05, 0.1) is 29.1 Å². The molecule has 2 aromatic rings. The number of hydrogen-bond donors (Lipinski definition) is 1. The fourth-order valence-corrected chi connectivity index (χ4v) is 5.65. The van der Waals surface area contributed by atoms with Gasteiger partial charge in [-0.05, 0) is 83.4 Å². The van der Waals surface area contributed by atoms with Crippen LogP contribution in [0.1, 0.15) is 43.4 Å². The molecular formula is C25H25BrN2O5. The summed E-state index contributed by atoms with van der Waals surface area (Å²) in [4.78, 5) is 33.5. The molecule has 0 radical (unpaired) electrons.